The van der Waals surface area contributed by atoms with Crippen LogP contribution in [0.25, 0.3) is 11.0 Å². The Morgan fingerprint density at radius 3 is 2.42 bits per heavy atom. The van der Waals surface area contributed by atoms with Crippen molar-refractivity contribution in [3.05, 3.63) is 91.3 Å². The lowest BCUT2D eigenvalue weighted by Gasteiger charge is -2.11. The molecule has 2 aromatic heterocycles. The number of halogens is 3. The number of aliphatic hydroxyl groups is 2. The first-order valence-electron chi connectivity index (χ1n) is 11.0. The summed E-state index contributed by atoms with van der Waals surface area (Å²) in [7, 11) is 0. The van der Waals surface area contributed by atoms with E-state index in [1.54, 1.807) is 0 Å². The normalized spacial score (nSPS) is 11.2. The fourth-order valence-electron chi connectivity index (χ4n) is 3.75. The van der Waals surface area contributed by atoms with Crippen molar-refractivity contribution in [2.24, 2.45) is 0 Å². The van der Waals surface area contributed by atoms with Crippen LogP contribution in [0.5, 0.6) is 5.88 Å². The third-order valence-corrected chi connectivity index (χ3v) is 5.87. The summed E-state index contributed by atoms with van der Waals surface area (Å²) >= 11 is 6.11. The van der Waals surface area contributed by atoms with Gasteiger partial charge in [0.2, 0.25) is 11.8 Å². The molecule has 14 heteroatoms. The van der Waals surface area contributed by atoms with E-state index in [0.717, 1.165) is 21.5 Å². The number of aliphatic hydroxyl groups excluding tert-OH is 2. The second kappa shape index (κ2) is 11.0. The van der Waals surface area contributed by atoms with Crippen molar-refractivity contribution in [3.63, 3.8) is 0 Å². The van der Waals surface area contributed by atoms with E-state index in [9.17, 15) is 33.1 Å². The first-order chi connectivity index (χ1) is 18.2. The highest BCUT2D eigenvalue weighted by Gasteiger charge is 2.22. The number of rotatable bonds is 8. The molecule has 2 heterocycles. The average molecular weight is 549 g/mol. The van der Waals surface area contributed by atoms with Crippen LogP contribution in [0.2, 0.25) is 5.02 Å². The van der Waals surface area contributed by atoms with Crippen molar-refractivity contribution in [1.82, 2.24) is 18.7 Å². The number of hydrogen-bond acceptors (Lipinski definition) is 8. The Labute approximate surface area is 216 Å². The van der Waals surface area contributed by atoms with E-state index in [0.29, 0.717) is 16.2 Å². The average Bonchev–Trinajstić information content (AvgIpc) is 3.18. The molecule has 0 aliphatic heterocycles. The van der Waals surface area contributed by atoms with Gasteiger partial charge in [0.25, 0.3) is 11.5 Å². The van der Waals surface area contributed by atoms with Gasteiger partial charge in [-0.25, -0.2) is 27.7 Å². The molecule has 0 atom stereocenters. The summed E-state index contributed by atoms with van der Waals surface area (Å²) in [6.07, 6.45) is 0.756. The molecule has 0 bridgehead atoms. The largest absolute Gasteiger partial charge is 0.471 e. The molecule has 0 unspecified atom stereocenters. The Morgan fingerprint density at radius 1 is 1.00 bits per heavy atom. The fourth-order valence-corrected chi connectivity index (χ4v) is 3.96. The van der Waals surface area contributed by atoms with E-state index in [1.165, 1.54) is 24.3 Å². The van der Waals surface area contributed by atoms with Gasteiger partial charge in [0, 0.05) is 11.6 Å². The van der Waals surface area contributed by atoms with Crippen LogP contribution in [0, 0.1) is 11.6 Å². The van der Waals surface area contributed by atoms with E-state index >= 15 is 0 Å². The van der Waals surface area contributed by atoms with E-state index < -0.39 is 52.9 Å². The number of benzene rings is 2. The molecule has 2 N–H and O–H groups in total. The maximum Gasteiger partial charge on any atom is 0.342 e. The van der Waals surface area contributed by atoms with E-state index in [2.05, 4.69) is 4.98 Å². The van der Waals surface area contributed by atoms with Gasteiger partial charge in [-0.05, 0) is 29.8 Å². The molecule has 0 saturated heterocycles. The maximum absolute atomic E-state index is 13.8. The van der Waals surface area contributed by atoms with Gasteiger partial charge in [0.1, 0.15) is 31.2 Å². The van der Waals surface area contributed by atoms with E-state index in [1.807, 2.05) is 0 Å². The van der Waals surface area contributed by atoms with Crippen LogP contribution >= 0.6 is 11.6 Å². The maximum atomic E-state index is 13.8. The first kappa shape index (κ1) is 26.9. The molecule has 11 nitrogen and oxygen atoms in total. The minimum Gasteiger partial charge on any atom is -0.471 e. The molecular formula is C24H19ClF2N4O7. The number of carbonyl (C=O) groups excluding carboxylic acids is 2. The molecule has 4 aromatic rings. The van der Waals surface area contributed by atoms with Gasteiger partial charge < -0.3 is 14.9 Å². The van der Waals surface area contributed by atoms with Crippen LogP contribution in [-0.4, -0.2) is 53.9 Å². The van der Waals surface area contributed by atoms with Gasteiger partial charge in [-0.2, -0.15) is 0 Å². The van der Waals surface area contributed by atoms with Crippen molar-refractivity contribution in [2.75, 3.05) is 13.2 Å². The Bertz CT molecular complexity index is 1680. The fraction of sp³-hybridized carbons (Fsp3) is 0.208. The second-order valence-corrected chi connectivity index (χ2v) is 8.39. The van der Waals surface area contributed by atoms with Crippen LogP contribution in [0.15, 0.2) is 52.3 Å². The molecule has 4 rings (SSSR count). The lowest BCUT2D eigenvalue weighted by molar-refractivity contribution is 0.0815. The Kier molecular flexibility index (Phi) is 7.80. The molecule has 38 heavy (non-hydrogen) atoms. The molecule has 198 valence electrons. The molecule has 0 spiro atoms. The summed E-state index contributed by atoms with van der Waals surface area (Å²) in [6.45, 7) is -1.99. The minimum absolute atomic E-state index is 0.00576. The van der Waals surface area contributed by atoms with Gasteiger partial charge in [0.15, 0.2) is 5.02 Å². The Hall–Kier alpha value is -4.20. The van der Waals surface area contributed by atoms with Gasteiger partial charge in [-0.15, -0.1) is 0 Å². The monoisotopic (exact) mass is 548 g/mol. The number of imidazole rings is 1. The standard InChI is InChI=1S/C24H19ClF2N4O7/c25-21-22(38-11-14-2-3-15(26)8-16(14)27)28-12-29(23(21)36)9-13-1-4-17-18(7-13)31(20(35)10-33)24(37)30(17)19(34)5-6-32/h1-4,7-8,12,32-33H,5-6,9-11H2. The summed E-state index contributed by atoms with van der Waals surface area (Å²) in [6, 6.07) is 7.19. The van der Waals surface area contributed by atoms with Crippen LogP contribution < -0.4 is 16.0 Å². The van der Waals surface area contributed by atoms with Gasteiger partial charge >= 0.3 is 5.69 Å². The zero-order chi connectivity index (χ0) is 27.6. The number of fused-ring (bicyclic) bond motifs is 1. The zero-order valence-electron chi connectivity index (χ0n) is 19.4. The van der Waals surface area contributed by atoms with Crippen molar-refractivity contribution in [1.29, 1.82) is 0 Å². The summed E-state index contributed by atoms with van der Waals surface area (Å²) in [5, 5.41) is 18.0. The SMILES string of the molecule is O=C(CO)n1c(=O)n(C(=O)CCO)c2ccc(Cn3cnc(OCc4ccc(F)cc4F)c(Cl)c3=O)cc21. The highest BCUT2D eigenvalue weighted by molar-refractivity contribution is 6.31. The zero-order valence-corrected chi connectivity index (χ0v) is 20.2. The molecule has 0 fully saturated rings. The quantitative estimate of drug-likeness (QED) is 0.337. The molecular weight excluding hydrogens is 530 g/mol. The van der Waals surface area contributed by atoms with Crippen LogP contribution in [-0.2, 0) is 13.2 Å². The lowest BCUT2D eigenvalue weighted by atomic mass is 10.2. The van der Waals surface area contributed by atoms with Crippen molar-refractivity contribution in [3.8, 4) is 5.88 Å². The molecule has 0 aliphatic rings. The van der Waals surface area contributed by atoms with Crippen molar-refractivity contribution < 1.29 is 33.3 Å². The van der Waals surface area contributed by atoms with Crippen LogP contribution in [0.3, 0.4) is 0 Å². The van der Waals surface area contributed by atoms with Crippen LogP contribution in [0.4, 0.5) is 8.78 Å². The number of carbonyl (C=O) groups is 2. The summed E-state index contributed by atoms with van der Waals surface area (Å²) in [5.41, 5.74) is -1.21. The topological polar surface area (TPSA) is 146 Å². The van der Waals surface area contributed by atoms with Gasteiger partial charge in [-0.1, -0.05) is 17.7 Å². The van der Waals surface area contributed by atoms with Crippen LogP contribution in [0.1, 0.15) is 27.1 Å². The van der Waals surface area contributed by atoms with E-state index in [-0.39, 0.29) is 42.0 Å². The van der Waals surface area contributed by atoms with Gasteiger partial charge in [-0.3, -0.25) is 19.0 Å². The highest BCUT2D eigenvalue weighted by Crippen LogP contribution is 2.21. The number of aromatic nitrogens is 4. The summed E-state index contributed by atoms with van der Waals surface area (Å²) < 4.78 is 34.7. The van der Waals surface area contributed by atoms with Crippen molar-refractivity contribution >= 4 is 34.4 Å². The Morgan fingerprint density at radius 2 is 1.74 bits per heavy atom. The smallest absolute Gasteiger partial charge is 0.342 e. The molecule has 0 radical (unpaired) electrons. The summed E-state index contributed by atoms with van der Waals surface area (Å²) in [4.78, 5) is 54.2. The molecule has 0 aliphatic carbocycles. The van der Waals surface area contributed by atoms with Gasteiger partial charge in [0.05, 0.1) is 30.6 Å². The first-order valence-corrected chi connectivity index (χ1v) is 11.4. The third-order valence-electron chi connectivity index (χ3n) is 5.55. The molecule has 0 amide bonds. The third kappa shape index (κ3) is 5.11. The minimum atomic E-state index is -1.00. The lowest BCUT2D eigenvalue weighted by Crippen LogP contribution is -2.33. The summed E-state index contributed by atoms with van der Waals surface area (Å²) in [5.74, 6) is -3.59. The number of ether oxygens (including phenoxy) is 1. The Balaban J connectivity index is 1.65. The van der Waals surface area contributed by atoms with E-state index in [4.69, 9.17) is 21.4 Å². The van der Waals surface area contributed by atoms with Crippen molar-refractivity contribution in [2.45, 2.75) is 19.6 Å². The highest BCUT2D eigenvalue weighted by atomic mass is 35.5. The predicted molar refractivity (Wildman–Crippen MR) is 130 cm³/mol. The predicted octanol–water partition coefficient (Wildman–Crippen LogP) is 1.57. The number of nitrogens with zero attached hydrogens (tertiary/aromatic N) is 4. The molecule has 0 saturated carbocycles. The molecule has 2 aromatic carbocycles. The number of hydrogen-bond donors (Lipinski definition) is 2. The second-order valence-electron chi connectivity index (χ2n) is 8.02.